The number of aliphatic hydroxyl groups is 1. The fourth-order valence-corrected chi connectivity index (χ4v) is 3.49. The molecule has 0 unspecified atom stereocenters. The third kappa shape index (κ3) is 3.83. The van der Waals surface area contributed by atoms with Crippen molar-refractivity contribution in [1.29, 1.82) is 0 Å². The summed E-state index contributed by atoms with van der Waals surface area (Å²) < 4.78 is 1.94. The fraction of sp³-hybridized carbons (Fsp3) is 0.286. The minimum atomic E-state index is -0.247. The first-order chi connectivity index (χ1) is 12.5. The average molecular weight is 371 g/mol. The van der Waals surface area contributed by atoms with Gasteiger partial charge in [0, 0.05) is 41.1 Å². The van der Waals surface area contributed by atoms with Crippen LogP contribution in [0.1, 0.15) is 34.5 Å². The molecular formula is C21H23ClN2O2. The first-order valence-corrected chi connectivity index (χ1v) is 9.11. The summed E-state index contributed by atoms with van der Waals surface area (Å²) in [4.78, 5) is 15.0. The average Bonchev–Trinajstić information content (AvgIpc) is 3.03. The molecule has 2 aromatic rings. The summed E-state index contributed by atoms with van der Waals surface area (Å²) in [6.45, 7) is 9.59. The molecule has 2 heterocycles. The van der Waals surface area contributed by atoms with Crippen molar-refractivity contribution in [1.82, 2.24) is 9.47 Å². The molecule has 0 saturated carbocycles. The standard InChI is InChI=1S/C21H23ClN2O2/c1-3-18-19(21(26)14-23-11-9-17(25)10-12-23)13-24(20(18)4-2)16-7-5-15(22)6-8-16/h3-8,13,17,25H,1-2,9-12,14H2. The van der Waals surface area contributed by atoms with Crippen LogP contribution in [0, 0.1) is 0 Å². The van der Waals surface area contributed by atoms with Crippen LogP contribution in [-0.2, 0) is 0 Å². The lowest BCUT2D eigenvalue weighted by Crippen LogP contribution is -2.39. The topological polar surface area (TPSA) is 45.5 Å². The Bertz CT molecular complexity index is 815. The van der Waals surface area contributed by atoms with Gasteiger partial charge in [0.2, 0.25) is 0 Å². The summed E-state index contributed by atoms with van der Waals surface area (Å²) in [7, 11) is 0. The summed E-state index contributed by atoms with van der Waals surface area (Å²) in [6, 6.07) is 7.45. The van der Waals surface area contributed by atoms with Crippen molar-refractivity contribution < 1.29 is 9.90 Å². The van der Waals surface area contributed by atoms with Crippen molar-refractivity contribution in [3.63, 3.8) is 0 Å². The highest BCUT2D eigenvalue weighted by molar-refractivity contribution is 6.30. The van der Waals surface area contributed by atoms with Crippen LogP contribution in [0.15, 0.2) is 43.6 Å². The Morgan fingerprint density at radius 3 is 2.42 bits per heavy atom. The number of aliphatic hydroxyl groups excluding tert-OH is 1. The normalized spacial score (nSPS) is 15.8. The quantitative estimate of drug-likeness (QED) is 0.780. The number of Topliss-reactive ketones (excluding diaryl/α,β-unsaturated/α-hetero) is 1. The van der Waals surface area contributed by atoms with E-state index in [0.717, 1.165) is 30.0 Å². The SMILES string of the molecule is C=Cc1c(C(=O)CN2CCC(O)CC2)cn(-c2ccc(Cl)cc2)c1C=C. The summed E-state index contributed by atoms with van der Waals surface area (Å²) in [6.07, 6.45) is 6.47. The molecule has 136 valence electrons. The molecular weight excluding hydrogens is 348 g/mol. The molecule has 4 nitrogen and oxygen atoms in total. The number of carbonyl (C=O) groups is 1. The van der Waals surface area contributed by atoms with Crippen molar-refractivity contribution in [2.75, 3.05) is 19.6 Å². The zero-order valence-corrected chi connectivity index (χ0v) is 15.5. The number of aromatic nitrogens is 1. The molecule has 0 bridgehead atoms. The maximum Gasteiger partial charge on any atom is 0.178 e. The van der Waals surface area contributed by atoms with Crippen molar-refractivity contribution >= 4 is 29.5 Å². The van der Waals surface area contributed by atoms with E-state index in [4.69, 9.17) is 11.6 Å². The zero-order valence-electron chi connectivity index (χ0n) is 14.7. The Kier molecular flexibility index (Phi) is 5.77. The van der Waals surface area contributed by atoms with Gasteiger partial charge in [0.1, 0.15) is 0 Å². The van der Waals surface area contributed by atoms with Gasteiger partial charge in [0.25, 0.3) is 0 Å². The Balaban J connectivity index is 1.91. The number of ketones is 1. The Morgan fingerprint density at radius 2 is 1.85 bits per heavy atom. The van der Waals surface area contributed by atoms with Gasteiger partial charge in [0.15, 0.2) is 5.78 Å². The van der Waals surface area contributed by atoms with E-state index in [0.29, 0.717) is 30.0 Å². The van der Waals surface area contributed by atoms with Crippen LogP contribution in [0.4, 0.5) is 0 Å². The Hall–Kier alpha value is -2.14. The molecule has 1 aromatic heterocycles. The van der Waals surface area contributed by atoms with Gasteiger partial charge in [-0.25, -0.2) is 0 Å². The Labute approximate surface area is 159 Å². The molecule has 1 N–H and O–H groups in total. The summed E-state index contributed by atoms with van der Waals surface area (Å²) in [5.41, 5.74) is 3.17. The van der Waals surface area contributed by atoms with E-state index < -0.39 is 0 Å². The van der Waals surface area contributed by atoms with Crippen molar-refractivity contribution in [2.24, 2.45) is 0 Å². The van der Waals surface area contributed by atoms with Crippen molar-refractivity contribution in [3.8, 4) is 5.69 Å². The molecule has 1 saturated heterocycles. The highest BCUT2D eigenvalue weighted by Gasteiger charge is 2.23. The fourth-order valence-electron chi connectivity index (χ4n) is 3.36. The third-order valence-electron chi connectivity index (χ3n) is 4.81. The molecule has 5 heteroatoms. The molecule has 0 atom stereocenters. The summed E-state index contributed by atoms with van der Waals surface area (Å²) in [5.74, 6) is 0.0482. The van der Waals surface area contributed by atoms with Gasteiger partial charge in [-0.15, -0.1) is 0 Å². The first kappa shape index (κ1) is 18.6. The molecule has 0 radical (unpaired) electrons. The molecule has 0 spiro atoms. The maximum absolute atomic E-state index is 12.9. The maximum atomic E-state index is 12.9. The van der Waals surface area contributed by atoms with Gasteiger partial charge in [-0.2, -0.15) is 0 Å². The van der Waals surface area contributed by atoms with E-state index in [-0.39, 0.29) is 11.9 Å². The summed E-state index contributed by atoms with van der Waals surface area (Å²) in [5, 5.41) is 10.3. The highest BCUT2D eigenvalue weighted by Crippen LogP contribution is 2.26. The van der Waals surface area contributed by atoms with Gasteiger partial charge in [-0.3, -0.25) is 9.69 Å². The Morgan fingerprint density at radius 1 is 1.19 bits per heavy atom. The second kappa shape index (κ2) is 8.04. The monoisotopic (exact) mass is 370 g/mol. The van der Waals surface area contributed by atoms with E-state index in [9.17, 15) is 9.90 Å². The minimum Gasteiger partial charge on any atom is -0.393 e. The lowest BCUT2D eigenvalue weighted by Gasteiger charge is -2.28. The van der Waals surface area contributed by atoms with Gasteiger partial charge in [-0.05, 0) is 43.2 Å². The lowest BCUT2D eigenvalue weighted by molar-refractivity contribution is 0.0711. The van der Waals surface area contributed by atoms with Gasteiger partial charge in [0.05, 0.1) is 18.3 Å². The molecule has 1 aliphatic heterocycles. The molecule has 0 aliphatic carbocycles. The van der Waals surface area contributed by atoms with Crippen LogP contribution < -0.4 is 0 Å². The lowest BCUT2D eigenvalue weighted by atomic mass is 10.0. The number of hydrogen-bond donors (Lipinski definition) is 1. The molecule has 3 rings (SSSR count). The van der Waals surface area contributed by atoms with E-state index in [1.165, 1.54) is 0 Å². The predicted octanol–water partition coefficient (Wildman–Crippen LogP) is 4.06. The van der Waals surface area contributed by atoms with Crippen LogP contribution in [-0.4, -0.2) is 46.1 Å². The van der Waals surface area contributed by atoms with Crippen LogP contribution in [0.25, 0.3) is 17.8 Å². The zero-order chi connectivity index (χ0) is 18.7. The van der Waals surface area contributed by atoms with E-state index >= 15 is 0 Å². The third-order valence-corrected chi connectivity index (χ3v) is 5.06. The second-order valence-corrected chi connectivity index (χ2v) is 6.96. The minimum absolute atomic E-state index is 0.0482. The van der Waals surface area contributed by atoms with Gasteiger partial charge >= 0.3 is 0 Å². The number of halogens is 1. The molecule has 0 amide bonds. The second-order valence-electron chi connectivity index (χ2n) is 6.53. The number of rotatable bonds is 6. The highest BCUT2D eigenvalue weighted by atomic mass is 35.5. The van der Waals surface area contributed by atoms with Crippen molar-refractivity contribution in [3.05, 3.63) is 65.5 Å². The molecule has 1 aliphatic rings. The van der Waals surface area contributed by atoms with Crippen LogP contribution in [0.2, 0.25) is 5.02 Å². The number of piperidine rings is 1. The number of benzene rings is 1. The van der Waals surface area contributed by atoms with Crippen LogP contribution in [0.5, 0.6) is 0 Å². The predicted molar refractivity (Wildman–Crippen MR) is 107 cm³/mol. The van der Waals surface area contributed by atoms with Gasteiger partial charge in [-0.1, -0.05) is 30.8 Å². The number of hydrogen-bond acceptors (Lipinski definition) is 3. The summed E-state index contributed by atoms with van der Waals surface area (Å²) >= 11 is 5.98. The smallest absolute Gasteiger partial charge is 0.178 e. The number of likely N-dealkylation sites (tertiary alicyclic amines) is 1. The van der Waals surface area contributed by atoms with E-state index in [1.54, 1.807) is 12.2 Å². The largest absolute Gasteiger partial charge is 0.393 e. The van der Waals surface area contributed by atoms with E-state index in [1.807, 2.05) is 35.0 Å². The molecule has 1 fully saturated rings. The first-order valence-electron chi connectivity index (χ1n) is 8.73. The molecule has 1 aromatic carbocycles. The molecule has 26 heavy (non-hydrogen) atoms. The number of carbonyl (C=O) groups excluding carboxylic acids is 1. The van der Waals surface area contributed by atoms with Gasteiger partial charge < -0.3 is 9.67 Å². The van der Waals surface area contributed by atoms with Crippen LogP contribution in [0.3, 0.4) is 0 Å². The number of nitrogens with zero attached hydrogens (tertiary/aromatic N) is 2. The van der Waals surface area contributed by atoms with Crippen molar-refractivity contribution in [2.45, 2.75) is 18.9 Å². The van der Waals surface area contributed by atoms with Crippen LogP contribution >= 0.6 is 11.6 Å². The van der Waals surface area contributed by atoms with E-state index in [2.05, 4.69) is 18.1 Å².